The smallest absolute Gasteiger partial charge is 0.339 e. The molecule has 1 aromatic carbocycles. The van der Waals surface area contributed by atoms with E-state index in [0.717, 1.165) is 16.7 Å². The number of aryl methyl sites for hydroxylation is 3. The summed E-state index contributed by atoms with van der Waals surface area (Å²) in [6, 6.07) is 3.84. The molecule has 17 heavy (non-hydrogen) atoms. The number of carbonyl (C=O) groups is 2. The van der Waals surface area contributed by atoms with Crippen molar-refractivity contribution in [2.75, 3.05) is 13.7 Å². The maximum absolute atomic E-state index is 11.8. The van der Waals surface area contributed by atoms with Crippen LogP contribution in [0.3, 0.4) is 0 Å². The van der Waals surface area contributed by atoms with Gasteiger partial charge in [0.05, 0.1) is 5.56 Å². The minimum atomic E-state index is -0.455. The van der Waals surface area contributed by atoms with Crippen LogP contribution in [0.5, 0.6) is 0 Å². The Hall–Kier alpha value is -1.84. The minimum Gasteiger partial charge on any atom is -0.452 e. The van der Waals surface area contributed by atoms with Crippen molar-refractivity contribution < 1.29 is 14.3 Å². The standard InChI is InChI=1S/C13H17NO3/c1-8-5-9(2)12(10(3)6-8)13(16)17-7-11(15)14-4/h5-6H,7H2,1-4H3,(H,14,15). The molecule has 0 saturated heterocycles. The first kappa shape index (κ1) is 13.2. The molecular weight excluding hydrogens is 218 g/mol. The third-order valence-corrected chi connectivity index (χ3v) is 2.49. The van der Waals surface area contributed by atoms with Crippen LogP contribution in [0, 0.1) is 20.8 Å². The van der Waals surface area contributed by atoms with Gasteiger partial charge < -0.3 is 10.1 Å². The minimum absolute atomic E-state index is 0.248. The summed E-state index contributed by atoms with van der Waals surface area (Å²) >= 11 is 0. The zero-order chi connectivity index (χ0) is 13.0. The highest BCUT2D eigenvalue weighted by molar-refractivity contribution is 5.94. The maximum atomic E-state index is 11.8. The fourth-order valence-electron chi connectivity index (χ4n) is 1.78. The maximum Gasteiger partial charge on any atom is 0.339 e. The molecular formula is C13H17NO3. The Kier molecular flexibility index (Phi) is 4.26. The molecule has 0 spiro atoms. The molecule has 4 nitrogen and oxygen atoms in total. The van der Waals surface area contributed by atoms with Gasteiger partial charge in [-0.1, -0.05) is 17.7 Å². The zero-order valence-corrected chi connectivity index (χ0v) is 10.6. The normalized spacial score (nSPS) is 9.88. The summed E-state index contributed by atoms with van der Waals surface area (Å²) in [4.78, 5) is 22.8. The van der Waals surface area contributed by atoms with Gasteiger partial charge in [-0.05, 0) is 31.9 Å². The van der Waals surface area contributed by atoms with E-state index in [2.05, 4.69) is 5.32 Å². The van der Waals surface area contributed by atoms with E-state index >= 15 is 0 Å². The average molecular weight is 235 g/mol. The molecule has 1 rings (SSSR count). The Morgan fingerprint density at radius 1 is 1.18 bits per heavy atom. The summed E-state index contributed by atoms with van der Waals surface area (Å²) in [5, 5.41) is 2.39. The van der Waals surface area contributed by atoms with E-state index in [0.29, 0.717) is 5.56 Å². The van der Waals surface area contributed by atoms with E-state index in [4.69, 9.17) is 4.74 Å². The first-order valence-corrected chi connectivity index (χ1v) is 5.41. The van der Waals surface area contributed by atoms with Gasteiger partial charge in [0.15, 0.2) is 6.61 Å². The molecule has 1 amide bonds. The highest BCUT2D eigenvalue weighted by Gasteiger charge is 2.15. The van der Waals surface area contributed by atoms with Gasteiger partial charge in [0.25, 0.3) is 5.91 Å². The number of hydrogen-bond acceptors (Lipinski definition) is 3. The fraction of sp³-hybridized carbons (Fsp3) is 0.385. The van der Waals surface area contributed by atoms with Crippen molar-refractivity contribution in [1.82, 2.24) is 5.32 Å². The molecule has 0 aromatic heterocycles. The molecule has 0 fully saturated rings. The van der Waals surface area contributed by atoms with Gasteiger partial charge in [-0.25, -0.2) is 4.79 Å². The number of nitrogens with one attached hydrogen (secondary N) is 1. The number of ether oxygens (including phenoxy) is 1. The van der Waals surface area contributed by atoms with Crippen molar-refractivity contribution in [2.24, 2.45) is 0 Å². The van der Waals surface area contributed by atoms with Crippen LogP contribution in [0.1, 0.15) is 27.0 Å². The Balaban J connectivity index is 2.86. The lowest BCUT2D eigenvalue weighted by molar-refractivity contribution is -0.123. The highest BCUT2D eigenvalue weighted by atomic mass is 16.5. The van der Waals surface area contributed by atoms with Crippen LogP contribution in [0.2, 0.25) is 0 Å². The quantitative estimate of drug-likeness (QED) is 0.808. The Morgan fingerprint density at radius 3 is 2.18 bits per heavy atom. The second-order valence-corrected chi connectivity index (χ2v) is 4.02. The molecule has 0 aliphatic rings. The largest absolute Gasteiger partial charge is 0.452 e. The summed E-state index contributed by atoms with van der Waals surface area (Å²) in [5.74, 6) is -0.774. The third kappa shape index (κ3) is 3.31. The SMILES string of the molecule is CNC(=O)COC(=O)c1c(C)cc(C)cc1C. The van der Waals surface area contributed by atoms with Crippen molar-refractivity contribution in [2.45, 2.75) is 20.8 Å². The lowest BCUT2D eigenvalue weighted by Gasteiger charge is -2.10. The van der Waals surface area contributed by atoms with Crippen LogP contribution in [-0.4, -0.2) is 25.5 Å². The topological polar surface area (TPSA) is 55.4 Å². The van der Waals surface area contributed by atoms with Gasteiger partial charge in [-0.3, -0.25) is 4.79 Å². The number of amides is 1. The third-order valence-electron chi connectivity index (χ3n) is 2.49. The van der Waals surface area contributed by atoms with Crippen LogP contribution in [0.25, 0.3) is 0 Å². The Bertz CT molecular complexity index is 429. The van der Waals surface area contributed by atoms with Crippen LogP contribution < -0.4 is 5.32 Å². The van der Waals surface area contributed by atoms with Crippen molar-refractivity contribution in [3.05, 3.63) is 34.4 Å². The summed E-state index contributed by atoms with van der Waals surface area (Å²) < 4.78 is 4.93. The zero-order valence-electron chi connectivity index (χ0n) is 10.6. The second kappa shape index (κ2) is 5.48. The molecule has 1 aromatic rings. The molecule has 0 saturated carbocycles. The van der Waals surface area contributed by atoms with E-state index in [1.54, 1.807) is 0 Å². The monoisotopic (exact) mass is 235 g/mol. The average Bonchev–Trinajstić information content (AvgIpc) is 2.24. The van der Waals surface area contributed by atoms with Gasteiger partial charge in [0.2, 0.25) is 0 Å². The first-order valence-electron chi connectivity index (χ1n) is 5.41. The fourth-order valence-corrected chi connectivity index (χ4v) is 1.78. The van der Waals surface area contributed by atoms with Gasteiger partial charge >= 0.3 is 5.97 Å². The summed E-state index contributed by atoms with van der Waals surface area (Å²) in [5.41, 5.74) is 3.37. The molecule has 1 N–H and O–H groups in total. The molecule has 0 aliphatic heterocycles. The number of likely N-dealkylation sites (N-methyl/N-ethyl adjacent to an activating group) is 1. The van der Waals surface area contributed by atoms with Crippen LogP contribution in [0.4, 0.5) is 0 Å². The lowest BCUT2D eigenvalue weighted by atomic mass is 10.00. The predicted octanol–water partition coefficient (Wildman–Crippen LogP) is 1.51. The number of benzene rings is 1. The van der Waals surface area contributed by atoms with Crippen LogP contribution >= 0.6 is 0 Å². The molecule has 0 unspecified atom stereocenters. The summed E-state index contributed by atoms with van der Waals surface area (Å²) in [6.45, 7) is 5.44. The van der Waals surface area contributed by atoms with E-state index < -0.39 is 5.97 Å². The Morgan fingerprint density at radius 2 is 1.71 bits per heavy atom. The Labute approximate surface area is 101 Å². The molecule has 0 atom stereocenters. The van der Waals surface area contributed by atoms with Gasteiger partial charge in [0, 0.05) is 7.05 Å². The van der Waals surface area contributed by atoms with Crippen molar-refractivity contribution >= 4 is 11.9 Å². The molecule has 4 heteroatoms. The number of carbonyl (C=O) groups excluding carboxylic acids is 2. The highest BCUT2D eigenvalue weighted by Crippen LogP contribution is 2.17. The van der Waals surface area contributed by atoms with E-state index in [1.165, 1.54) is 7.05 Å². The van der Waals surface area contributed by atoms with Gasteiger partial charge in [0.1, 0.15) is 0 Å². The lowest BCUT2D eigenvalue weighted by Crippen LogP contribution is -2.25. The molecule has 0 bridgehead atoms. The van der Waals surface area contributed by atoms with E-state index in [1.807, 2.05) is 32.9 Å². The van der Waals surface area contributed by atoms with Gasteiger partial charge in [-0.2, -0.15) is 0 Å². The van der Waals surface area contributed by atoms with Crippen LogP contribution in [0.15, 0.2) is 12.1 Å². The van der Waals surface area contributed by atoms with E-state index in [9.17, 15) is 9.59 Å². The van der Waals surface area contributed by atoms with Crippen LogP contribution in [-0.2, 0) is 9.53 Å². The molecule has 92 valence electrons. The first-order chi connectivity index (χ1) is 7.95. The van der Waals surface area contributed by atoms with Crippen molar-refractivity contribution in [3.63, 3.8) is 0 Å². The van der Waals surface area contributed by atoms with Crippen molar-refractivity contribution in [1.29, 1.82) is 0 Å². The number of esters is 1. The number of hydrogen-bond donors (Lipinski definition) is 1. The molecule has 0 heterocycles. The second-order valence-electron chi connectivity index (χ2n) is 4.02. The number of rotatable bonds is 3. The summed E-state index contributed by atoms with van der Waals surface area (Å²) in [6.07, 6.45) is 0. The van der Waals surface area contributed by atoms with Crippen molar-refractivity contribution in [3.8, 4) is 0 Å². The molecule has 0 radical (unpaired) electrons. The predicted molar refractivity (Wildman–Crippen MR) is 65.0 cm³/mol. The summed E-state index contributed by atoms with van der Waals surface area (Å²) in [7, 11) is 1.50. The van der Waals surface area contributed by atoms with E-state index in [-0.39, 0.29) is 12.5 Å². The molecule has 0 aliphatic carbocycles. The van der Waals surface area contributed by atoms with Gasteiger partial charge in [-0.15, -0.1) is 0 Å².